The van der Waals surface area contributed by atoms with Gasteiger partial charge in [-0.2, -0.15) is 5.10 Å². The second kappa shape index (κ2) is 6.94. The maximum atomic E-state index is 11.4. The number of hydrogen-bond donors (Lipinski definition) is 2. The van der Waals surface area contributed by atoms with E-state index in [0.717, 1.165) is 11.1 Å². The smallest absolute Gasteiger partial charge is 0.428 e. The summed E-state index contributed by atoms with van der Waals surface area (Å²) in [6.45, 7) is 0.196. The maximum absolute atomic E-state index is 11.4. The van der Waals surface area contributed by atoms with Crippen LogP contribution >= 0.6 is 0 Å². The highest BCUT2D eigenvalue weighted by Gasteiger charge is 2.00. The van der Waals surface area contributed by atoms with Crippen molar-refractivity contribution in [1.29, 1.82) is 0 Å². The Bertz CT molecular complexity index is 580. The van der Waals surface area contributed by atoms with Crippen molar-refractivity contribution < 1.29 is 14.6 Å². The molecule has 5 heteroatoms. The van der Waals surface area contributed by atoms with Crippen molar-refractivity contribution in [1.82, 2.24) is 5.43 Å². The minimum absolute atomic E-state index is 0.178. The first-order valence-electron chi connectivity index (χ1n) is 6.03. The fourth-order valence-corrected chi connectivity index (χ4v) is 1.48. The molecule has 102 valence electrons. The van der Waals surface area contributed by atoms with E-state index in [9.17, 15) is 4.79 Å². The molecule has 2 aromatic rings. The number of amides is 1. The van der Waals surface area contributed by atoms with E-state index < -0.39 is 6.09 Å². The first kappa shape index (κ1) is 13.6. The van der Waals surface area contributed by atoms with Gasteiger partial charge in [-0.3, -0.25) is 0 Å². The second-order valence-corrected chi connectivity index (χ2v) is 4.02. The molecule has 5 nitrogen and oxygen atoms in total. The zero-order chi connectivity index (χ0) is 14.2. The number of carbonyl (C=O) groups is 1. The normalized spacial score (nSPS) is 10.4. The Hall–Kier alpha value is -2.82. The Balaban J connectivity index is 1.76. The molecule has 0 fully saturated rings. The lowest BCUT2D eigenvalue weighted by molar-refractivity contribution is 0.140. The minimum Gasteiger partial charge on any atom is -0.508 e. The molecule has 0 saturated heterocycles. The second-order valence-electron chi connectivity index (χ2n) is 4.02. The minimum atomic E-state index is -0.621. The van der Waals surface area contributed by atoms with Gasteiger partial charge in [0.05, 0.1) is 6.21 Å². The number of rotatable bonds is 4. The van der Waals surface area contributed by atoms with Crippen LogP contribution in [0.4, 0.5) is 4.79 Å². The Morgan fingerprint density at radius 1 is 1.15 bits per heavy atom. The highest BCUT2D eigenvalue weighted by molar-refractivity contribution is 5.80. The summed E-state index contributed by atoms with van der Waals surface area (Å²) in [5.74, 6) is 0.178. The summed E-state index contributed by atoms with van der Waals surface area (Å²) >= 11 is 0. The monoisotopic (exact) mass is 270 g/mol. The number of phenolic OH excluding ortho intramolecular Hbond substituents is 1. The highest BCUT2D eigenvalue weighted by atomic mass is 16.5. The maximum Gasteiger partial charge on any atom is 0.428 e. The molecule has 20 heavy (non-hydrogen) atoms. The summed E-state index contributed by atoms with van der Waals surface area (Å²) in [6.07, 6.45) is 0.840. The summed E-state index contributed by atoms with van der Waals surface area (Å²) in [7, 11) is 0. The summed E-state index contributed by atoms with van der Waals surface area (Å²) in [6, 6.07) is 15.8. The first-order valence-corrected chi connectivity index (χ1v) is 6.03. The Morgan fingerprint density at radius 2 is 1.85 bits per heavy atom. The van der Waals surface area contributed by atoms with E-state index in [2.05, 4.69) is 10.5 Å². The third-order valence-electron chi connectivity index (χ3n) is 2.48. The number of ether oxygens (including phenoxy) is 1. The molecule has 0 spiro atoms. The van der Waals surface area contributed by atoms with Crippen LogP contribution in [0.2, 0.25) is 0 Å². The average molecular weight is 270 g/mol. The van der Waals surface area contributed by atoms with Gasteiger partial charge in [0.1, 0.15) is 12.4 Å². The van der Waals surface area contributed by atoms with Gasteiger partial charge in [0.15, 0.2) is 0 Å². The molecule has 0 unspecified atom stereocenters. The molecule has 1 amide bonds. The van der Waals surface area contributed by atoms with Gasteiger partial charge in [0.2, 0.25) is 0 Å². The van der Waals surface area contributed by atoms with Gasteiger partial charge in [-0.25, -0.2) is 10.2 Å². The van der Waals surface area contributed by atoms with E-state index in [-0.39, 0.29) is 12.4 Å². The van der Waals surface area contributed by atoms with Crippen molar-refractivity contribution in [2.24, 2.45) is 5.10 Å². The molecule has 0 radical (unpaired) electrons. The van der Waals surface area contributed by atoms with Crippen LogP contribution in [0.15, 0.2) is 59.7 Å². The zero-order valence-corrected chi connectivity index (χ0v) is 10.7. The van der Waals surface area contributed by atoms with E-state index in [0.29, 0.717) is 0 Å². The number of nitrogens with one attached hydrogen (secondary N) is 1. The van der Waals surface area contributed by atoms with Crippen molar-refractivity contribution in [2.75, 3.05) is 0 Å². The van der Waals surface area contributed by atoms with E-state index >= 15 is 0 Å². The van der Waals surface area contributed by atoms with E-state index in [1.54, 1.807) is 12.1 Å². The van der Waals surface area contributed by atoms with Gasteiger partial charge in [0, 0.05) is 0 Å². The molecule has 2 N–H and O–H groups in total. The fourth-order valence-electron chi connectivity index (χ4n) is 1.48. The third kappa shape index (κ3) is 4.45. The molecule has 0 aromatic heterocycles. The predicted molar refractivity (Wildman–Crippen MR) is 75.5 cm³/mol. The van der Waals surface area contributed by atoms with Crippen LogP contribution < -0.4 is 5.43 Å². The summed E-state index contributed by atoms with van der Waals surface area (Å²) in [5.41, 5.74) is 3.93. The number of aromatic hydroxyl groups is 1. The molecule has 2 rings (SSSR count). The Labute approximate surface area is 116 Å². The van der Waals surface area contributed by atoms with Crippen molar-refractivity contribution in [2.45, 2.75) is 6.61 Å². The zero-order valence-electron chi connectivity index (χ0n) is 10.7. The van der Waals surface area contributed by atoms with Crippen molar-refractivity contribution in [3.8, 4) is 5.75 Å². The van der Waals surface area contributed by atoms with Crippen LogP contribution in [-0.4, -0.2) is 17.4 Å². The number of hydrazone groups is 1. The summed E-state index contributed by atoms with van der Waals surface area (Å²) < 4.78 is 4.98. The lowest BCUT2D eigenvalue weighted by Gasteiger charge is -2.03. The molecule has 0 aliphatic heterocycles. The molecule has 0 aliphatic rings. The standard InChI is InChI=1S/C15H14N2O3/c18-14-8-6-12(7-9-14)10-16-17-15(19)20-11-13-4-2-1-3-5-13/h1-10,18H,11H2,(H,17,19)/b16-10+. The largest absolute Gasteiger partial charge is 0.508 e. The van der Waals surface area contributed by atoms with Crippen molar-refractivity contribution in [3.05, 3.63) is 65.7 Å². The molecule has 0 atom stereocenters. The van der Waals surface area contributed by atoms with Crippen LogP contribution in [0.1, 0.15) is 11.1 Å². The van der Waals surface area contributed by atoms with E-state index in [4.69, 9.17) is 9.84 Å². The van der Waals surface area contributed by atoms with Crippen LogP contribution in [0.25, 0.3) is 0 Å². The topological polar surface area (TPSA) is 70.9 Å². The van der Waals surface area contributed by atoms with Crippen LogP contribution in [0.5, 0.6) is 5.75 Å². The van der Waals surface area contributed by atoms with Gasteiger partial charge in [-0.15, -0.1) is 0 Å². The predicted octanol–water partition coefficient (Wildman–Crippen LogP) is 2.65. The average Bonchev–Trinajstić information content (AvgIpc) is 2.48. The molecule has 2 aromatic carbocycles. The quantitative estimate of drug-likeness (QED) is 0.662. The number of carbonyl (C=O) groups excluding carboxylic acids is 1. The van der Waals surface area contributed by atoms with Gasteiger partial charge in [0.25, 0.3) is 0 Å². The molecular formula is C15H14N2O3. The SMILES string of the molecule is O=C(N/N=C/c1ccc(O)cc1)OCc1ccccc1. The molecular weight excluding hydrogens is 256 g/mol. The van der Waals surface area contributed by atoms with Crippen LogP contribution in [0, 0.1) is 0 Å². The highest BCUT2D eigenvalue weighted by Crippen LogP contribution is 2.07. The number of nitrogens with zero attached hydrogens (tertiary/aromatic N) is 1. The third-order valence-corrected chi connectivity index (χ3v) is 2.48. The van der Waals surface area contributed by atoms with E-state index in [1.165, 1.54) is 18.3 Å². The molecule has 0 bridgehead atoms. The van der Waals surface area contributed by atoms with Gasteiger partial charge < -0.3 is 9.84 Å². The molecule has 0 heterocycles. The van der Waals surface area contributed by atoms with Gasteiger partial charge in [-0.1, -0.05) is 30.3 Å². The van der Waals surface area contributed by atoms with Gasteiger partial charge in [-0.05, 0) is 35.4 Å². The summed E-state index contributed by atoms with van der Waals surface area (Å²) in [5, 5.41) is 12.9. The van der Waals surface area contributed by atoms with Crippen molar-refractivity contribution in [3.63, 3.8) is 0 Å². The number of phenols is 1. The fraction of sp³-hybridized carbons (Fsp3) is 0.0667. The molecule has 0 aliphatic carbocycles. The lowest BCUT2D eigenvalue weighted by atomic mass is 10.2. The van der Waals surface area contributed by atoms with Crippen LogP contribution in [-0.2, 0) is 11.3 Å². The van der Waals surface area contributed by atoms with Crippen molar-refractivity contribution >= 4 is 12.3 Å². The first-order chi connectivity index (χ1) is 9.74. The van der Waals surface area contributed by atoms with Crippen LogP contribution in [0.3, 0.4) is 0 Å². The number of hydrogen-bond acceptors (Lipinski definition) is 4. The Morgan fingerprint density at radius 3 is 2.55 bits per heavy atom. The van der Waals surface area contributed by atoms with Gasteiger partial charge >= 0.3 is 6.09 Å². The Kier molecular flexibility index (Phi) is 4.72. The number of benzene rings is 2. The summed E-state index contributed by atoms with van der Waals surface area (Å²) in [4.78, 5) is 11.4. The lowest BCUT2D eigenvalue weighted by Crippen LogP contribution is -2.18. The van der Waals surface area contributed by atoms with E-state index in [1.807, 2.05) is 30.3 Å². The molecule has 0 saturated carbocycles.